The molecule has 1 amide bonds. The average Bonchev–Trinajstić information content (AvgIpc) is 2.60. The molecule has 0 heterocycles. The third-order valence-corrected chi connectivity index (χ3v) is 5.28. The topological polar surface area (TPSA) is 69.7 Å². The second kappa shape index (κ2) is 8.23. The number of nitrogens with one attached hydrogen (secondary N) is 1. The van der Waals surface area contributed by atoms with Crippen molar-refractivity contribution in [2.45, 2.75) is 13.5 Å². The fourth-order valence-electron chi connectivity index (χ4n) is 2.58. The fraction of sp³-hybridized carbons (Fsp3) is 0.316. The standard InChI is InChI=1S/C19H25N3O3S/c1-5-22(26(4,24)25)18-12-8-16(9-13-18)19(23)20-14-15-6-10-17(11-7-15)21(2)3/h6-13H,5,14H2,1-4H3,(H,20,23). The van der Waals surface area contributed by atoms with Crippen molar-refractivity contribution in [1.29, 1.82) is 0 Å². The van der Waals surface area contributed by atoms with Crippen LogP contribution in [0.5, 0.6) is 0 Å². The summed E-state index contributed by atoms with van der Waals surface area (Å²) in [7, 11) is 0.624. The van der Waals surface area contributed by atoms with Crippen molar-refractivity contribution in [3.63, 3.8) is 0 Å². The van der Waals surface area contributed by atoms with Gasteiger partial charge in [-0.15, -0.1) is 0 Å². The lowest BCUT2D eigenvalue weighted by Crippen LogP contribution is -2.29. The van der Waals surface area contributed by atoms with E-state index >= 15 is 0 Å². The maximum Gasteiger partial charge on any atom is 0.251 e. The van der Waals surface area contributed by atoms with Crippen LogP contribution in [0.25, 0.3) is 0 Å². The van der Waals surface area contributed by atoms with Gasteiger partial charge in [-0.1, -0.05) is 12.1 Å². The van der Waals surface area contributed by atoms with E-state index in [-0.39, 0.29) is 5.91 Å². The minimum absolute atomic E-state index is 0.198. The highest BCUT2D eigenvalue weighted by molar-refractivity contribution is 7.92. The lowest BCUT2D eigenvalue weighted by atomic mass is 10.1. The smallest absolute Gasteiger partial charge is 0.251 e. The molecule has 0 atom stereocenters. The van der Waals surface area contributed by atoms with Crippen LogP contribution in [0.4, 0.5) is 11.4 Å². The van der Waals surface area contributed by atoms with Crippen molar-refractivity contribution in [2.75, 3.05) is 36.1 Å². The van der Waals surface area contributed by atoms with Crippen molar-refractivity contribution < 1.29 is 13.2 Å². The van der Waals surface area contributed by atoms with Gasteiger partial charge >= 0.3 is 0 Å². The zero-order valence-electron chi connectivity index (χ0n) is 15.6. The van der Waals surface area contributed by atoms with Gasteiger partial charge in [-0.05, 0) is 48.9 Å². The molecule has 2 aromatic carbocycles. The molecule has 0 aliphatic heterocycles. The normalized spacial score (nSPS) is 11.1. The van der Waals surface area contributed by atoms with E-state index in [9.17, 15) is 13.2 Å². The summed E-state index contributed by atoms with van der Waals surface area (Å²) in [4.78, 5) is 14.3. The quantitative estimate of drug-likeness (QED) is 0.807. The lowest BCUT2D eigenvalue weighted by Gasteiger charge is -2.20. The third-order valence-electron chi connectivity index (χ3n) is 4.01. The highest BCUT2D eigenvalue weighted by Crippen LogP contribution is 2.18. The first-order chi connectivity index (χ1) is 12.2. The number of carbonyl (C=O) groups excluding carboxylic acids is 1. The highest BCUT2D eigenvalue weighted by Gasteiger charge is 2.15. The van der Waals surface area contributed by atoms with Crippen LogP contribution in [-0.2, 0) is 16.6 Å². The summed E-state index contributed by atoms with van der Waals surface area (Å²) in [6.07, 6.45) is 1.17. The summed E-state index contributed by atoms with van der Waals surface area (Å²) in [5.41, 5.74) is 3.14. The first-order valence-corrected chi connectivity index (χ1v) is 10.2. The Morgan fingerprint density at radius 1 is 0.962 bits per heavy atom. The van der Waals surface area contributed by atoms with Crippen molar-refractivity contribution in [2.24, 2.45) is 0 Å². The number of benzene rings is 2. The number of carbonyl (C=O) groups is 1. The zero-order valence-corrected chi connectivity index (χ0v) is 16.4. The number of rotatable bonds is 7. The zero-order chi connectivity index (χ0) is 19.3. The van der Waals surface area contributed by atoms with Crippen LogP contribution in [0.3, 0.4) is 0 Å². The van der Waals surface area contributed by atoms with Crippen molar-refractivity contribution in [3.05, 3.63) is 59.7 Å². The molecule has 0 saturated carbocycles. The summed E-state index contributed by atoms with van der Waals surface area (Å²) >= 11 is 0. The fourth-order valence-corrected chi connectivity index (χ4v) is 3.56. The molecule has 2 aromatic rings. The minimum Gasteiger partial charge on any atom is -0.378 e. The van der Waals surface area contributed by atoms with Crippen LogP contribution in [-0.4, -0.2) is 41.2 Å². The Labute approximate surface area is 155 Å². The molecule has 6 nitrogen and oxygen atoms in total. The number of hydrogen-bond donors (Lipinski definition) is 1. The number of sulfonamides is 1. The van der Waals surface area contributed by atoms with Gasteiger partial charge in [0, 0.05) is 38.4 Å². The Kier molecular flexibility index (Phi) is 6.26. The molecule has 0 fully saturated rings. The largest absolute Gasteiger partial charge is 0.378 e. The maximum absolute atomic E-state index is 12.3. The van der Waals surface area contributed by atoms with Gasteiger partial charge in [-0.3, -0.25) is 9.10 Å². The van der Waals surface area contributed by atoms with Crippen LogP contribution in [0, 0.1) is 0 Å². The van der Waals surface area contributed by atoms with E-state index in [1.165, 1.54) is 10.6 Å². The second-order valence-electron chi connectivity index (χ2n) is 6.22. The molecular formula is C19H25N3O3S. The van der Waals surface area contributed by atoms with E-state index in [1.807, 2.05) is 43.3 Å². The molecule has 7 heteroatoms. The Morgan fingerprint density at radius 3 is 1.96 bits per heavy atom. The third kappa shape index (κ3) is 4.98. The van der Waals surface area contributed by atoms with E-state index in [2.05, 4.69) is 5.32 Å². The van der Waals surface area contributed by atoms with Gasteiger partial charge in [0.05, 0.1) is 11.9 Å². The maximum atomic E-state index is 12.3. The van der Waals surface area contributed by atoms with E-state index in [1.54, 1.807) is 31.2 Å². The molecule has 0 bridgehead atoms. The number of hydrogen-bond acceptors (Lipinski definition) is 4. The Balaban J connectivity index is 2.01. The number of anilines is 2. The number of amides is 1. The molecule has 0 saturated heterocycles. The molecule has 140 valence electrons. The second-order valence-corrected chi connectivity index (χ2v) is 8.12. The molecule has 0 unspecified atom stereocenters. The lowest BCUT2D eigenvalue weighted by molar-refractivity contribution is 0.0951. The minimum atomic E-state index is -3.33. The van der Waals surface area contributed by atoms with Gasteiger partial charge in [0.15, 0.2) is 0 Å². The summed E-state index contributed by atoms with van der Waals surface area (Å²) in [6.45, 7) is 2.54. The molecule has 1 N–H and O–H groups in total. The van der Waals surface area contributed by atoms with E-state index in [4.69, 9.17) is 0 Å². The SMILES string of the molecule is CCN(c1ccc(C(=O)NCc2ccc(N(C)C)cc2)cc1)S(C)(=O)=O. The highest BCUT2D eigenvalue weighted by atomic mass is 32.2. The van der Waals surface area contributed by atoms with Gasteiger partial charge in [-0.25, -0.2) is 8.42 Å². The van der Waals surface area contributed by atoms with Gasteiger partial charge < -0.3 is 10.2 Å². The van der Waals surface area contributed by atoms with Gasteiger partial charge in [0.25, 0.3) is 5.91 Å². The molecule has 0 aromatic heterocycles. The summed E-state index contributed by atoms with van der Waals surface area (Å²) in [6, 6.07) is 14.5. The van der Waals surface area contributed by atoms with Gasteiger partial charge in [0.2, 0.25) is 10.0 Å². The predicted molar refractivity (Wildman–Crippen MR) is 106 cm³/mol. The van der Waals surface area contributed by atoms with Crippen LogP contribution in [0.1, 0.15) is 22.8 Å². The molecule has 0 radical (unpaired) electrons. The van der Waals surface area contributed by atoms with Crippen LogP contribution in [0.15, 0.2) is 48.5 Å². The molecule has 26 heavy (non-hydrogen) atoms. The van der Waals surface area contributed by atoms with Crippen molar-refractivity contribution in [3.8, 4) is 0 Å². The van der Waals surface area contributed by atoms with Crippen molar-refractivity contribution >= 4 is 27.3 Å². The van der Waals surface area contributed by atoms with E-state index < -0.39 is 10.0 Å². The monoisotopic (exact) mass is 375 g/mol. The number of nitrogens with zero attached hydrogens (tertiary/aromatic N) is 2. The molecular weight excluding hydrogens is 350 g/mol. The molecule has 0 aliphatic rings. The first-order valence-electron chi connectivity index (χ1n) is 8.34. The van der Waals surface area contributed by atoms with E-state index in [0.29, 0.717) is 24.3 Å². The average molecular weight is 375 g/mol. The first kappa shape index (κ1) is 19.8. The Bertz CT molecular complexity index is 845. The molecule has 2 rings (SSSR count). The summed E-state index contributed by atoms with van der Waals surface area (Å²) < 4.78 is 24.8. The van der Waals surface area contributed by atoms with Gasteiger partial charge in [-0.2, -0.15) is 0 Å². The predicted octanol–water partition coefficient (Wildman–Crippen LogP) is 2.47. The Morgan fingerprint density at radius 2 is 1.50 bits per heavy atom. The Hall–Kier alpha value is -2.54. The van der Waals surface area contributed by atoms with Crippen LogP contribution in [0.2, 0.25) is 0 Å². The molecule has 0 spiro atoms. The van der Waals surface area contributed by atoms with Crippen LogP contribution < -0.4 is 14.5 Å². The van der Waals surface area contributed by atoms with Crippen molar-refractivity contribution in [1.82, 2.24) is 5.32 Å². The van der Waals surface area contributed by atoms with E-state index in [0.717, 1.165) is 11.3 Å². The molecule has 0 aliphatic carbocycles. The summed E-state index contributed by atoms with van der Waals surface area (Å²) in [5, 5.41) is 2.87. The van der Waals surface area contributed by atoms with Gasteiger partial charge in [0.1, 0.15) is 0 Å². The summed E-state index contributed by atoms with van der Waals surface area (Å²) in [5.74, 6) is -0.198. The van der Waals surface area contributed by atoms with Crippen LogP contribution >= 0.6 is 0 Å².